The summed E-state index contributed by atoms with van der Waals surface area (Å²) < 4.78 is 42.3. The van der Waals surface area contributed by atoms with Gasteiger partial charge in [0.1, 0.15) is 5.76 Å². The second-order valence-corrected chi connectivity index (χ2v) is 4.35. The Kier molecular flexibility index (Phi) is 4.96. The predicted molar refractivity (Wildman–Crippen MR) is 62.0 cm³/mol. The largest absolute Gasteiger partial charge is 0.455 e. The molecule has 0 aliphatic heterocycles. The zero-order chi connectivity index (χ0) is 14.6. The second kappa shape index (κ2) is 6.07. The molecule has 0 fully saturated rings. The third-order valence-electron chi connectivity index (χ3n) is 2.49. The van der Waals surface area contributed by atoms with E-state index >= 15 is 0 Å². The van der Waals surface area contributed by atoms with E-state index in [1.54, 1.807) is 13.8 Å². The first-order chi connectivity index (χ1) is 8.73. The van der Waals surface area contributed by atoms with Crippen LogP contribution in [0.4, 0.5) is 13.2 Å². The number of nitrogens with zero attached hydrogens (tertiary/aromatic N) is 1. The van der Waals surface area contributed by atoms with Gasteiger partial charge in [0.15, 0.2) is 5.76 Å². The number of halogens is 3. The van der Waals surface area contributed by atoms with E-state index in [2.05, 4.69) is 0 Å². The van der Waals surface area contributed by atoms with E-state index in [0.29, 0.717) is 0 Å². The molecule has 0 aliphatic rings. The van der Waals surface area contributed by atoms with Crippen LogP contribution in [0.25, 0.3) is 0 Å². The molecule has 5 nitrogen and oxygen atoms in total. The molecule has 3 N–H and O–H groups in total. The number of carbonyl (C=O) groups is 1. The maximum absolute atomic E-state index is 12.4. The average molecular weight is 279 g/mol. The molecule has 8 heteroatoms. The number of amides is 1. The lowest BCUT2D eigenvalue weighted by molar-refractivity contribution is -0.151. The van der Waals surface area contributed by atoms with Crippen LogP contribution in [-0.2, 0) is 6.54 Å². The highest BCUT2D eigenvalue weighted by Gasteiger charge is 2.32. The Labute approximate surface area is 108 Å². The summed E-state index contributed by atoms with van der Waals surface area (Å²) in [5.41, 5.74) is 1.88. The van der Waals surface area contributed by atoms with Gasteiger partial charge in [-0.1, -0.05) is 0 Å². The van der Waals surface area contributed by atoms with Crippen molar-refractivity contribution in [3.05, 3.63) is 23.7 Å². The molecule has 1 aromatic rings. The summed E-state index contributed by atoms with van der Waals surface area (Å²) in [5, 5.41) is 0. The van der Waals surface area contributed by atoms with Gasteiger partial charge in [-0.15, -0.1) is 0 Å². The molecule has 1 rings (SSSR count). The topological polar surface area (TPSA) is 71.5 Å². The second-order valence-electron chi connectivity index (χ2n) is 4.35. The van der Waals surface area contributed by atoms with Crippen LogP contribution in [0.3, 0.4) is 0 Å². The monoisotopic (exact) mass is 279 g/mol. The van der Waals surface area contributed by atoms with Crippen molar-refractivity contribution >= 4 is 5.91 Å². The Balaban J connectivity index is 2.74. The molecule has 1 heterocycles. The smallest absolute Gasteiger partial charge is 0.401 e. The lowest BCUT2D eigenvalue weighted by atomic mass is 10.3. The summed E-state index contributed by atoms with van der Waals surface area (Å²) in [5.74, 6) is 4.54. The van der Waals surface area contributed by atoms with Gasteiger partial charge < -0.3 is 4.42 Å². The van der Waals surface area contributed by atoms with Crippen molar-refractivity contribution in [1.82, 2.24) is 10.3 Å². The van der Waals surface area contributed by atoms with Gasteiger partial charge in [0, 0.05) is 6.04 Å². The number of nitrogens with two attached hydrogens (primary N) is 1. The van der Waals surface area contributed by atoms with Crippen LogP contribution in [0.2, 0.25) is 0 Å². The van der Waals surface area contributed by atoms with Crippen molar-refractivity contribution in [3.8, 4) is 0 Å². The molecule has 0 atom stereocenters. The van der Waals surface area contributed by atoms with Crippen molar-refractivity contribution in [1.29, 1.82) is 0 Å². The van der Waals surface area contributed by atoms with Gasteiger partial charge in [-0.05, 0) is 26.0 Å². The molecular weight excluding hydrogens is 263 g/mol. The fourth-order valence-corrected chi connectivity index (χ4v) is 1.51. The number of hydrogen-bond donors (Lipinski definition) is 2. The minimum atomic E-state index is -4.28. The van der Waals surface area contributed by atoms with Crippen molar-refractivity contribution in [2.45, 2.75) is 32.6 Å². The van der Waals surface area contributed by atoms with Crippen LogP contribution in [0.1, 0.15) is 30.2 Å². The van der Waals surface area contributed by atoms with Crippen molar-refractivity contribution < 1.29 is 22.4 Å². The van der Waals surface area contributed by atoms with Crippen LogP contribution in [0.15, 0.2) is 16.5 Å². The first kappa shape index (κ1) is 15.5. The zero-order valence-corrected chi connectivity index (χ0v) is 10.6. The van der Waals surface area contributed by atoms with Crippen LogP contribution < -0.4 is 11.3 Å². The Morgan fingerprint density at radius 3 is 2.58 bits per heavy atom. The van der Waals surface area contributed by atoms with Gasteiger partial charge in [0.05, 0.1) is 13.1 Å². The van der Waals surface area contributed by atoms with E-state index in [1.165, 1.54) is 17.0 Å². The van der Waals surface area contributed by atoms with E-state index in [4.69, 9.17) is 10.3 Å². The van der Waals surface area contributed by atoms with Crippen molar-refractivity contribution in [2.24, 2.45) is 5.84 Å². The normalized spacial score (nSPS) is 12.2. The zero-order valence-electron chi connectivity index (χ0n) is 10.6. The highest BCUT2D eigenvalue weighted by atomic mass is 19.4. The third-order valence-corrected chi connectivity index (χ3v) is 2.49. The summed E-state index contributed by atoms with van der Waals surface area (Å²) in [6.45, 7) is 2.24. The molecule has 0 saturated carbocycles. The predicted octanol–water partition coefficient (Wildman–Crippen LogP) is 1.66. The van der Waals surface area contributed by atoms with Gasteiger partial charge >= 0.3 is 12.1 Å². The molecule has 1 amide bonds. The number of carbonyl (C=O) groups excluding carboxylic acids is 1. The minimum absolute atomic E-state index is 0.0327. The number of hydrogen-bond acceptors (Lipinski definition) is 4. The van der Waals surface area contributed by atoms with Crippen molar-refractivity contribution in [2.75, 3.05) is 6.54 Å². The number of nitrogen functional groups attached to an aromatic ring is 1. The first-order valence-electron chi connectivity index (χ1n) is 5.63. The lowest BCUT2D eigenvalue weighted by Crippen LogP contribution is -2.38. The number of rotatable bonds is 5. The highest BCUT2D eigenvalue weighted by molar-refractivity contribution is 5.90. The summed E-state index contributed by atoms with van der Waals surface area (Å²) in [4.78, 5) is 12.3. The number of hydrazine groups is 1. The molecule has 0 bridgehead atoms. The van der Waals surface area contributed by atoms with E-state index in [-0.39, 0.29) is 24.1 Å². The Hall–Kier alpha value is -1.54. The van der Waals surface area contributed by atoms with Crippen LogP contribution >= 0.6 is 0 Å². The standard InChI is InChI=1S/C11H16F3N3O2/c1-7(2)17(6-11(12,13)14)5-8-3-4-9(19-8)10(18)16-15/h3-4,7H,5-6,15H2,1-2H3,(H,16,18). The molecule has 0 unspecified atom stereocenters. The molecule has 108 valence electrons. The Morgan fingerprint density at radius 1 is 1.47 bits per heavy atom. The average Bonchev–Trinajstić information content (AvgIpc) is 2.73. The summed E-state index contributed by atoms with van der Waals surface area (Å²) >= 11 is 0. The number of nitrogens with one attached hydrogen (secondary N) is 1. The first-order valence-corrected chi connectivity index (χ1v) is 5.63. The lowest BCUT2D eigenvalue weighted by Gasteiger charge is -2.26. The number of alkyl halides is 3. The quantitative estimate of drug-likeness (QED) is 0.488. The SMILES string of the molecule is CC(C)N(Cc1ccc(C(=O)NN)o1)CC(F)(F)F. The highest BCUT2D eigenvalue weighted by Crippen LogP contribution is 2.20. The molecule has 0 radical (unpaired) electrons. The summed E-state index contributed by atoms with van der Waals surface area (Å²) in [7, 11) is 0. The molecule has 0 aromatic carbocycles. The van der Waals surface area contributed by atoms with Crippen molar-refractivity contribution in [3.63, 3.8) is 0 Å². The minimum Gasteiger partial charge on any atom is -0.455 e. The van der Waals surface area contributed by atoms with E-state index in [9.17, 15) is 18.0 Å². The van der Waals surface area contributed by atoms with Gasteiger partial charge in [-0.25, -0.2) is 5.84 Å². The van der Waals surface area contributed by atoms with E-state index < -0.39 is 18.6 Å². The molecule has 0 aliphatic carbocycles. The van der Waals surface area contributed by atoms with Gasteiger partial charge in [0.25, 0.3) is 0 Å². The maximum Gasteiger partial charge on any atom is 0.401 e. The molecule has 0 spiro atoms. The van der Waals surface area contributed by atoms with Crippen LogP contribution in [0.5, 0.6) is 0 Å². The molecule has 0 saturated heterocycles. The summed E-state index contributed by atoms with van der Waals surface area (Å²) in [6.07, 6.45) is -4.28. The molecular formula is C11H16F3N3O2. The van der Waals surface area contributed by atoms with Gasteiger partial charge in [-0.2, -0.15) is 13.2 Å². The molecule has 19 heavy (non-hydrogen) atoms. The fourth-order valence-electron chi connectivity index (χ4n) is 1.51. The van der Waals surface area contributed by atoms with Crippen LogP contribution in [0, 0.1) is 0 Å². The fraction of sp³-hybridized carbons (Fsp3) is 0.545. The Bertz CT molecular complexity index is 429. The Morgan fingerprint density at radius 2 is 2.11 bits per heavy atom. The third kappa shape index (κ3) is 4.92. The van der Waals surface area contributed by atoms with Gasteiger partial charge in [-0.3, -0.25) is 15.1 Å². The van der Waals surface area contributed by atoms with Gasteiger partial charge in [0.2, 0.25) is 0 Å². The maximum atomic E-state index is 12.4. The van der Waals surface area contributed by atoms with E-state index in [1.807, 2.05) is 5.43 Å². The number of furan rings is 1. The molecule has 1 aromatic heterocycles. The van der Waals surface area contributed by atoms with Crippen LogP contribution in [-0.4, -0.2) is 29.6 Å². The van der Waals surface area contributed by atoms with E-state index in [0.717, 1.165) is 0 Å². The summed E-state index contributed by atoms with van der Waals surface area (Å²) in [6, 6.07) is 2.51.